The number of rotatable bonds is 12. The minimum atomic E-state index is -4.35. The molecule has 0 fully saturated rings. The first-order chi connectivity index (χ1) is 10.6. The molecule has 3 nitrogen and oxygen atoms in total. The third-order valence-corrected chi connectivity index (χ3v) is 4.98. The Bertz CT molecular complexity index is 515. The molecule has 0 aromatic heterocycles. The number of hydrogen-bond donors (Lipinski definition) is 0. The third-order valence-electron chi connectivity index (χ3n) is 4.04. The summed E-state index contributed by atoms with van der Waals surface area (Å²) in [6.07, 6.45) is 13.2. The molecule has 0 heterocycles. The van der Waals surface area contributed by atoms with Gasteiger partial charge in [0.15, 0.2) is 0 Å². The molecule has 0 spiro atoms. The van der Waals surface area contributed by atoms with Gasteiger partial charge in [0, 0.05) is 35.6 Å². The second-order valence-electron chi connectivity index (χ2n) is 5.99. The molecular formula is C18H29LaO3S-. The molecule has 0 bridgehead atoms. The summed E-state index contributed by atoms with van der Waals surface area (Å²) >= 11 is 0. The van der Waals surface area contributed by atoms with Gasteiger partial charge in [-0.3, -0.25) is 0 Å². The molecule has 1 radical (unpaired) electrons. The molecular weight excluding hydrogens is 435 g/mol. The van der Waals surface area contributed by atoms with E-state index in [1.807, 2.05) is 0 Å². The average Bonchev–Trinajstić information content (AvgIpc) is 2.48. The van der Waals surface area contributed by atoms with Crippen molar-refractivity contribution in [1.29, 1.82) is 0 Å². The fourth-order valence-electron chi connectivity index (χ4n) is 2.76. The van der Waals surface area contributed by atoms with Crippen molar-refractivity contribution < 1.29 is 48.6 Å². The van der Waals surface area contributed by atoms with Crippen LogP contribution in [0.3, 0.4) is 0 Å². The van der Waals surface area contributed by atoms with Crippen molar-refractivity contribution in [2.75, 3.05) is 0 Å². The molecule has 0 unspecified atom stereocenters. The van der Waals surface area contributed by atoms with E-state index in [2.05, 4.69) is 6.92 Å². The zero-order valence-corrected chi connectivity index (χ0v) is 18.7. The molecule has 1 rings (SSSR count). The van der Waals surface area contributed by atoms with Crippen LogP contribution in [0.15, 0.2) is 29.2 Å². The summed E-state index contributed by atoms with van der Waals surface area (Å²) < 4.78 is 33.5. The van der Waals surface area contributed by atoms with Crippen LogP contribution in [0.2, 0.25) is 0 Å². The molecule has 5 heteroatoms. The normalized spacial score (nSPS) is 11.2. The Morgan fingerprint density at radius 3 is 1.83 bits per heavy atom. The van der Waals surface area contributed by atoms with E-state index in [0.717, 1.165) is 12.8 Å². The van der Waals surface area contributed by atoms with Gasteiger partial charge in [0.1, 0.15) is 10.1 Å². The van der Waals surface area contributed by atoms with Gasteiger partial charge in [-0.05, 0) is 24.5 Å². The van der Waals surface area contributed by atoms with E-state index < -0.39 is 10.1 Å². The van der Waals surface area contributed by atoms with Gasteiger partial charge in [-0.2, -0.15) is 0 Å². The van der Waals surface area contributed by atoms with Gasteiger partial charge in [0.05, 0.1) is 4.90 Å². The average molecular weight is 464 g/mol. The maximum absolute atomic E-state index is 11.2. The van der Waals surface area contributed by atoms with Gasteiger partial charge in [-0.1, -0.05) is 82.9 Å². The summed E-state index contributed by atoms with van der Waals surface area (Å²) in [6, 6.07) is 6.56. The SMILES string of the molecule is CCCCCCCCCCCCc1ccccc1S(=O)(=O)[O-].[La]. The first-order valence-electron chi connectivity index (χ1n) is 8.59. The number of aryl methyl sites for hydroxylation is 1. The van der Waals surface area contributed by atoms with Gasteiger partial charge in [-0.15, -0.1) is 0 Å². The molecule has 0 aliphatic carbocycles. The van der Waals surface area contributed by atoms with E-state index in [9.17, 15) is 13.0 Å². The predicted molar refractivity (Wildman–Crippen MR) is 90.0 cm³/mol. The fraction of sp³-hybridized carbons (Fsp3) is 0.667. The van der Waals surface area contributed by atoms with Crippen molar-refractivity contribution in [3.8, 4) is 0 Å². The summed E-state index contributed by atoms with van der Waals surface area (Å²) in [4.78, 5) is -0.0501. The Balaban J connectivity index is 0.00000484. The van der Waals surface area contributed by atoms with Gasteiger partial charge in [-0.25, -0.2) is 8.42 Å². The second kappa shape index (κ2) is 13.6. The zero-order chi connectivity index (χ0) is 16.3. The Labute approximate surface area is 170 Å². The molecule has 0 amide bonds. The second-order valence-corrected chi connectivity index (χ2v) is 7.34. The van der Waals surface area contributed by atoms with E-state index in [1.54, 1.807) is 18.2 Å². The largest absolute Gasteiger partial charge is 0.744 e. The van der Waals surface area contributed by atoms with Crippen molar-refractivity contribution in [2.24, 2.45) is 0 Å². The monoisotopic (exact) mass is 464 g/mol. The summed E-state index contributed by atoms with van der Waals surface area (Å²) in [5, 5.41) is 0. The Hall–Kier alpha value is 0.325. The Kier molecular flexibility index (Phi) is 13.8. The molecule has 0 atom stereocenters. The zero-order valence-electron chi connectivity index (χ0n) is 14.3. The fourth-order valence-corrected chi connectivity index (χ4v) is 3.49. The van der Waals surface area contributed by atoms with Crippen molar-refractivity contribution in [3.63, 3.8) is 0 Å². The minimum absolute atomic E-state index is 0. The van der Waals surface area contributed by atoms with E-state index in [0.29, 0.717) is 12.0 Å². The molecule has 1 aromatic rings. The summed E-state index contributed by atoms with van der Waals surface area (Å²) in [5.74, 6) is 0. The van der Waals surface area contributed by atoms with Gasteiger partial charge in [0.2, 0.25) is 0 Å². The van der Waals surface area contributed by atoms with Crippen LogP contribution >= 0.6 is 0 Å². The summed E-state index contributed by atoms with van der Waals surface area (Å²) in [7, 11) is -4.35. The van der Waals surface area contributed by atoms with Gasteiger partial charge in [0.25, 0.3) is 0 Å². The van der Waals surface area contributed by atoms with Crippen LogP contribution in [-0.2, 0) is 16.5 Å². The molecule has 23 heavy (non-hydrogen) atoms. The Morgan fingerprint density at radius 2 is 1.30 bits per heavy atom. The number of hydrogen-bond acceptors (Lipinski definition) is 3. The minimum Gasteiger partial charge on any atom is -0.744 e. The molecule has 0 aliphatic heterocycles. The molecule has 0 saturated carbocycles. The Morgan fingerprint density at radius 1 is 0.826 bits per heavy atom. The smallest absolute Gasteiger partial charge is 0.124 e. The van der Waals surface area contributed by atoms with E-state index in [4.69, 9.17) is 0 Å². The summed E-state index contributed by atoms with van der Waals surface area (Å²) in [6.45, 7) is 2.23. The van der Waals surface area contributed by atoms with Crippen molar-refractivity contribution in [3.05, 3.63) is 29.8 Å². The number of benzene rings is 1. The first-order valence-corrected chi connectivity index (χ1v) is 10.0. The molecule has 0 aliphatic rings. The maximum Gasteiger partial charge on any atom is 0.124 e. The van der Waals surface area contributed by atoms with E-state index in [1.165, 1.54) is 57.4 Å². The van der Waals surface area contributed by atoms with Crippen molar-refractivity contribution >= 4 is 10.1 Å². The van der Waals surface area contributed by atoms with Gasteiger partial charge < -0.3 is 4.55 Å². The number of unbranched alkanes of at least 4 members (excludes halogenated alkanes) is 9. The van der Waals surface area contributed by atoms with Crippen LogP contribution in [0.5, 0.6) is 0 Å². The molecule has 1 aromatic carbocycles. The van der Waals surface area contributed by atoms with Crippen LogP contribution in [-0.4, -0.2) is 13.0 Å². The maximum atomic E-state index is 11.2. The standard InChI is InChI=1S/C18H30O3S.La/c1-2-3-4-5-6-7-8-9-10-11-14-17-15-12-13-16-18(17)22(19,20)21;/h12-13,15-16H,2-11,14H2,1H3,(H,19,20,21);/p-1. The van der Waals surface area contributed by atoms with Crippen molar-refractivity contribution in [2.45, 2.75) is 82.4 Å². The van der Waals surface area contributed by atoms with Crippen LogP contribution < -0.4 is 0 Å². The van der Waals surface area contributed by atoms with Crippen molar-refractivity contribution in [1.82, 2.24) is 0 Å². The topological polar surface area (TPSA) is 57.2 Å². The summed E-state index contributed by atoms with van der Waals surface area (Å²) in [5.41, 5.74) is 0.664. The van der Waals surface area contributed by atoms with Crippen LogP contribution in [0.4, 0.5) is 0 Å². The quantitative estimate of drug-likeness (QED) is 0.321. The molecule has 0 saturated heterocycles. The van der Waals surface area contributed by atoms with Gasteiger partial charge >= 0.3 is 0 Å². The first kappa shape index (κ1) is 23.3. The van der Waals surface area contributed by atoms with Crippen LogP contribution in [0, 0.1) is 35.6 Å². The van der Waals surface area contributed by atoms with E-state index >= 15 is 0 Å². The third kappa shape index (κ3) is 10.7. The molecule has 0 N–H and O–H groups in total. The predicted octanol–water partition coefficient (Wildman–Crippen LogP) is 5.05. The van der Waals surface area contributed by atoms with Crippen LogP contribution in [0.25, 0.3) is 0 Å². The van der Waals surface area contributed by atoms with E-state index in [-0.39, 0.29) is 40.5 Å². The van der Waals surface area contributed by atoms with Crippen LogP contribution in [0.1, 0.15) is 76.7 Å². The molecule has 129 valence electrons.